The molecule has 0 atom stereocenters. The van der Waals surface area contributed by atoms with E-state index in [9.17, 15) is 21.6 Å². The number of nitrogens with zero attached hydrogens (tertiary/aromatic N) is 2. The maximum Gasteiger partial charge on any atom is 0.250 e. The Bertz CT molecular complexity index is 876. The van der Waals surface area contributed by atoms with Gasteiger partial charge in [0.05, 0.1) is 5.25 Å². The number of aryl methyl sites for hydroxylation is 1. The first kappa shape index (κ1) is 23.0. The predicted octanol–water partition coefficient (Wildman–Crippen LogP) is -2.47. The van der Waals surface area contributed by atoms with Crippen LogP contribution >= 0.6 is 12.4 Å². The van der Waals surface area contributed by atoms with Gasteiger partial charge in [0, 0.05) is 52.0 Å². The highest BCUT2D eigenvalue weighted by molar-refractivity contribution is 7.90. The smallest absolute Gasteiger partial charge is 0.250 e. The van der Waals surface area contributed by atoms with Gasteiger partial charge in [-0.1, -0.05) is 6.07 Å². The Hall–Kier alpha value is -1.02. The Kier molecular flexibility index (Phi) is 7.77. The van der Waals surface area contributed by atoms with Gasteiger partial charge in [0.1, 0.15) is 5.25 Å². The molecule has 3 rings (SSSR count). The van der Waals surface area contributed by atoms with E-state index < -0.39 is 25.3 Å². The Morgan fingerprint density at radius 1 is 1.08 bits per heavy atom. The molecular formula is C13H24ClN5O5S2. The summed E-state index contributed by atoms with van der Waals surface area (Å²) >= 11 is 0. The maximum atomic E-state index is 11.2. The minimum atomic E-state index is -3.40. The number of hydrogen-bond donors (Lipinski definition) is 3. The van der Waals surface area contributed by atoms with Crippen molar-refractivity contribution in [3.8, 4) is 0 Å². The number of hydrogen-bond acceptors (Lipinski definition) is 7. The molecule has 0 unspecified atom stereocenters. The normalized spacial score (nSPS) is 18.7. The van der Waals surface area contributed by atoms with E-state index in [0.29, 0.717) is 32.7 Å². The van der Waals surface area contributed by atoms with Crippen molar-refractivity contribution in [2.24, 2.45) is 17.3 Å². The molecule has 0 aromatic carbocycles. The average Bonchev–Trinajstić information content (AvgIpc) is 2.32. The second kappa shape index (κ2) is 8.78. The Morgan fingerprint density at radius 3 is 1.96 bits per heavy atom. The molecule has 1 aromatic heterocycles. The Labute approximate surface area is 159 Å². The van der Waals surface area contributed by atoms with Crippen LogP contribution in [0.2, 0.25) is 0 Å². The van der Waals surface area contributed by atoms with Crippen molar-refractivity contribution in [2.75, 3.05) is 26.2 Å². The fourth-order valence-electron chi connectivity index (χ4n) is 2.36. The molecule has 0 amide bonds. The summed E-state index contributed by atoms with van der Waals surface area (Å²) in [6, 6.07) is 3.26. The molecule has 10 nitrogen and oxygen atoms in total. The van der Waals surface area contributed by atoms with Crippen LogP contribution in [-0.2, 0) is 33.6 Å². The van der Waals surface area contributed by atoms with E-state index in [-0.39, 0.29) is 23.2 Å². The zero-order valence-electron chi connectivity index (χ0n) is 14.2. The van der Waals surface area contributed by atoms with Crippen molar-refractivity contribution in [2.45, 2.75) is 17.0 Å². The summed E-state index contributed by atoms with van der Waals surface area (Å²) in [7, 11) is -4.94. The molecule has 0 bridgehead atoms. The highest BCUT2D eigenvalue weighted by Crippen LogP contribution is 2.16. The third-order valence-electron chi connectivity index (χ3n) is 4.15. The third-order valence-corrected chi connectivity index (χ3v) is 6.64. The lowest BCUT2D eigenvalue weighted by molar-refractivity contribution is 0.175. The fourth-order valence-corrected chi connectivity index (χ4v) is 3.89. The molecule has 26 heavy (non-hydrogen) atoms. The van der Waals surface area contributed by atoms with Crippen LogP contribution in [0.3, 0.4) is 0 Å². The summed E-state index contributed by atoms with van der Waals surface area (Å²) in [5.74, 6) is 0. The second-order valence-corrected chi connectivity index (χ2v) is 9.95. The van der Waals surface area contributed by atoms with Gasteiger partial charge >= 0.3 is 0 Å². The van der Waals surface area contributed by atoms with Crippen LogP contribution in [-0.4, -0.2) is 63.0 Å². The minimum absolute atomic E-state index is 0. The molecule has 150 valence electrons. The van der Waals surface area contributed by atoms with E-state index >= 15 is 0 Å². The number of pyridine rings is 1. The molecule has 0 radical (unpaired) electrons. The monoisotopic (exact) mass is 429 g/mol. The van der Waals surface area contributed by atoms with E-state index in [1.807, 2.05) is 4.90 Å². The average molecular weight is 430 g/mol. The lowest BCUT2D eigenvalue weighted by Gasteiger charge is -2.37. The fraction of sp³-hybridized carbons (Fsp3) is 0.615. The number of rotatable bonds is 4. The third kappa shape index (κ3) is 6.30. The van der Waals surface area contributed by atoms with Gasteiger partial charge in [-0.2, -0.15) is 0 Å². The lowest BCUT2D eigenvalue weighted by Crippen LogP contribution is -2.55. The summed E-state index contributed by atoms with van der Waals surface area (Å²) in [5, 5.41) is 11.8. The number of nitrogens with two attached hydrogens (primary N) is 2. The molecule has 2 saturated heterocycles. The first-order chi connectivity index (χ1) is 11.5. The molecule has 3 heterocycles. The quantitative estimate of drug-likeness (QED) is 0.478. The molecule has 2 fully saturated rings. The van der Waals surface area contributed by atoms with Gasteiger partial charge in [0.25, 0.3) is 0 Å². The van der Waals surface area contributed by atoms with Crippen LogP contribution in [0.15, 0.2) is 23.1 Å². The highest BCUT2D eigenvalue weighted by Gasteiger charge is 2.34. The molecule has 2 aliphatic heterocycles. The zero-order chi connectivity index (χ0) is 18.8. The zero-order valence-corrected chi connectivity index (χ0v) is 16.7. The van der Waals surface area contributed by atoms with Gasteiger partial charge < -0.3 is 9.88 Å². The van der Waals surface area contributed by atoms with Crippen LogP contribution in [0.1, 0.15) is 5.56 Å². The van der Waals surface area contributed by atoms with Crippen molar-refractivity contribution in [1.82, 2.24) is 14.8 Å². The molecular weight excluding hydrogens is 406 g/mol. The molecule has 2 aliphatic rings. The van der Waals surface area contributed by atoms with Gasteiger partial charge in [-0.15, -0.1) is 12.4 Å². The van der Waals surface area contributed by atoms with Gasteiger partial charge in [-0.25, -0.2) is 27.1 Å². The number of primary sulfonamides is 2. The highest BCUT2D eigenvalue weighted by atomic mass is 35.5. The van der Waals surface area contributed by atoms with Crippen molar-refractivity contribution in [3.05, 3.63) is 34.2 Å². The van der Waals surface area contributed by atoms with E-state index in [1.165, 1.54) is 10.6 Å². The van der Waals surface area contributed by atoms with E-state index in [2.05, 4.69) is 5.32 Å². The maximum absolute atomic E-state index is 11.2. The largest absolute Gasteiger partial charge is 0.318 e. The van der Waals surface area contributed by atoms with E-state index in [4.69, 9.17) is 10.3 Å². The number of halogens is 1. The van der Waals surface area contributed by atoms with Crippen LogP contribution in [0.5, 0.6) is 0 Å². The molecule has 0 saturated carbocycles. The topological polar surface area (TPSA) is 158 Å². The van der Waals surface area contributed by atoms with Gasteiger partial charge in [-0.05, 0) is 5.56 Å². The van der Waals surface area contributed by atoms with E-state index in [0.717, 1.165) is 5.56 Å². The van der Waals surface area contributed by atoms with Crippen molar-refractivity contribution < 1.29 is 16.8 Å². The molecule has 5 N–H and O–H groups in total. The van der Waals surface area contributed by atoms with Crippen molar-refractivity contribution >= 4 is 32.5 Å². The number of aromatic nitrogens is 1. The molecule has 0 spiro atoms. The standard InChI is InChI=1S/C10H15N3O3S.C3H8N2O2S.ClH/c1-12-4-8(2-3-10(12)14)5-13-6-9(7-13)17(11,15)16;4-8(6,7)3-1-5-2-3;/h2-4,9H,5-7H2,1H3,(H2,11,15,16);3,5H,1-2H2,(H2,4,6,7);1H. The first-order valence-electron chi connectivity index (χ1n) is 7.58. The van der Waals surface area contributed by atoms with Crippen LogP contribution in [0, 0.1) is 0 Å². The van der Waals surface area contributed by atoms with E-state index in [1.54, 1.807) is 19.3 Å². The van der Waals surface area contributed by atoms with Crippen LogP contribution < -0.4 is 21.2 Å². The van der Waals surface area contributed by atoms with Crippen LogP contribution in [0.25, 0.3) is 0 Å². The predicted molar refractivity (Wildman–Crippen MR) is 101 cm³/mol. The van der Waals surface area contributed by atoms with Gasteiger partial charge in [-0.3, -0.25) is 9.69 Å². The number of likely N-dealkylation sites (tertiary alicyclic amines) is 1. The van der Waals surface area contributed by atoms with Crippen LogP contribution in [0.4, 0.5) is 0 Å². The summed E-state index contributed by atoms with van der Waals surface area (Å²) in [6.45, 7) is 2.58. The van der Waals surface area contributed by atoms with Crippen molar-refractivity contribution in [1.29, 1.82) is 0 Å². The molecule has 13 heteroatoms. The molecule has 0 aliphatic carbocycles. The first-order valence-corrected chi connectivity index (χ1v) is 10.8. The SMILES string of the molecule is Cl.Cn1cc(CN2CC(S(N)(=O)=O)C2)ccc1=O.NS(=O)(=O)C1CNC1. The van der Waals surface area contributed by atoms with Crippen molar-refractivity contribution in [3.63, 3.8) is 0 Å². The number of sulfonamides is 2. The minimum Gasteiger partial charge on any atom is -0.318 e. The Balaban J connectivity index is 0.000000318. The van der Waals surface area contributed by atoms with Gasteiger partial charge in [0.2, 0.25) is 25.6 Å². The van der Waals surface area contributed by atoms with Gasteiger partial charge in [0.15, 0.2) is 0 Å². The summed E-state index contributed by atoms with van der Waals surface area (Å²) < 4.78 is 44.2. The Morgan fingerprint density at radius 2 is 1.62 bits per heavy atom. The summed E-state index contributed by atoms with van der Waals surface area (Å²) in [4.78, 5) is 13.2. The lowest BCUT2D eigenvalue weighted by atomic mass is 10.1. The number of nitrogens with one attached hydrogen (secondary N) is 1. The summed E-state index contributed by atoms with van der Waals surface area (Å²) in [6.07, 6.45) is 1.76. The molecule has 1 aromatic rings. The second-order valence-electron chi connectivity index (χ2n) is 6.26. The summed E-state index contributed by atoms with van der Waals surface area (Å²) in [5.41, 5.74) is 0.930.